The van der Waals surface area contributed by atoms with E-state index in [9.17, 15) is 4.79 Å². The van der Waals surface area contributed by atoms with Gasteiger partial charge in [-0.15, -0.1) is 0 Å². The van der Waals surface area contributed by atoms with E-state index in [-0.39, 0.29) is 11.8 Å². The number of carbonyl (C=O) groups is 1. The maximum absolute atomic E-state index is 11.9. The van der Waals surface area contributed by atoms with Crippen molar-refractivity contribution in [1.29, 1.82) is 0 Å². The fourth-order valence-electron chi connectivity index (χ4n) is 2.42. The van der Waals surface area contributed by atoms with Crippen LogP contribution in [0.25, 0.3) is 0 Å². The van der Waals surface area contributed by atoms with Crippen molar-refractivity contribution in [3.8, 4) is 0 Å². The van der Waals surface area contributed by atoms with Gasteiger partial charge in [0.2, 0.25) is 5.91 Å². The Bertz CT molecular complexity index is 630. The Labute approximate surface area is 125 Å². The van der Waals surface area contributed by atoms with Crippen LogP contribution in [0.4, 0.5) is 17.1 Å². The SMILES string of the molecule is Cc1ccccc1Nc1ccc(NC(=O)C2CCC2)cc1. The highest BCUT2D eigenvalue weighted by molar-refractivity contribution is 5.93. The van der Waals surface area contributed by atoms with Crippen LogP contribution < -0.4 is 10.6 Å². The zero-order valence-corrected chi connectivity index (χ0v) is 12.2. The Morgan fingerprint density at radius 3 is 2.29 bits per heavy atom. The number of amides is 1. The number of benzene rings is 2. The van der Waals surface area contributed by atoms with Gasteiger partial charge in [-0.25, -0.2) is 0 Å². The molecular weight excluding hydrogens is 260 g/mol. The molecule has 108 valence electrons. The fraction of sp³-hybridized carbons (Fsp3) is 0.278. The summed E-state index contributed by atoms with van der Waals surface area (Å²) in [6.45, 7) is 2.08. The summed E-state index contributed by atoms with van der Waals surface area (Å²) in [7, 11) is 0. The van der Waals surface area contributed by atoms with Gasteiger partial charge < -0.3 is 10.6 Å². The summed E-state index contributed by atoms with van der Waals surface area (Å²) in [6, 6.07) is 16.0. The van der Waals surface area contributed by atoms with Crippen LogP contribution in [0.2, 0.25) is 0 Å². The number of hydrogen-bond donors (Lipinski definition) is 2. The molecule has 3 rings (SSSR count). The first-order valence-electron chi connectivity index (χ1n) is 7.46. The van der Waals surface area contributed by atoms with Crippen molar-refractivity contribution in [2.45, 2.75) is 26.2 Å². The molecule has 2 aromatic rings. The van der Waals surface area contributed by atoms with Gasteiger partial charge in [0.15, 0.2) is 0 Å². The third-order valence-corrected chi connectivity index (χ3v) is 4.05. The lowest BCUT2D eigenvalue weighted by Crippen LogP contribution is -2.27. The molecule has 1 aliphatic rings. The molecule has 0 aromatic heterocycles. The highest BCUT2D eigenvalue weighted by Gasteiger charge is 2.24. The van der Waals surface area contributed by atoms with E-state index in [0.29, 0.717) is 0 Å². The van der Waals surface area contributed by atoms with Crippen molar-refractivity contribution < 1.29 is 4.79 Å². The number of nitrogens with one attached hydrogen (secondary N) is 2. The minimum atomic E-state index is 0.154. The van der Waals surface area contributed by atoms with Crippen LogP contribution in [0.3, 0.4) is 0 Å². The van der Waals surface area contributed by atoms with Gasteiger partial charge in [-0.2, -0.15) is 0 Å². The van der Waals surface area contributed by atoms with Crippen molar-refractivity contribution in [2.75, 3.05) is 10.6 Å². The van der Waals surface area contributed by atoms with Gasteiger partial charge >= 0.3 is 0 Å². The van der Waals surface area contributed by atoms with Crippen LogP contribution in [0.15, 0.2) is 48.5 Å². The highest BCUT2D eigenvalue weighted by atomic mass is 16.1. The van der Waals surface area contributed by atoms with E-state index >= 15 is 0 Å². The summed E-state index contributed by atoms with van der Waals surface area (Å²) in [4.78, 5) is 11.9. The topological polar surface area (TPSA) is 41.1 Å². The number of carbonyl (C=O) groups excluding carboxylic acids is 1. The zero-order valence-electron chi connectivity index (χ0n) is 12.2. The van der Waals surface area contributed by atoms with Crippen LogP contribution in [-0.4, -0.2) is 5.91 Å². The molecule has 0 radical (unpaired) electrons. The first kappa shape index (κ1) is 13.7. The molecule has 3 nitrogen and oxygen atoms in total. The first-order valence-corrected chi connectivity index (χ1v) is 7.46. The molecule has 1 fully saturated rings. The third-order valence-electron chi connectivity index (χ3n) is 4.05. The Morgan fingerprint density at radius 2 is 1.67 bits per heavy atom. The van der Waals surface area contributed by atoms with Crippen molar-refractivity contribution in [3.63, 3.8) is 0 Å². The van der Waals surface area contributed by atoms with Crippen LogP contribution in [0.5, 0.6) is 0 Å². The number of para-hydroxylation sites is 1. The molecular formula is C18H20N2O. The van der Waals surface area contributed by atoms with E-state index in [2.05, 4.69) is 29.7 Å². The zero-order chi connectivity index (χ0) is 14.7. The second-order valence-corrected chi connectivity index (χ2v) is 5.63. The lowest BCUT2D eigenvalue weighted by Gasteiger charge is -2.24. The molecule has 0 saturated heterocycles. The molecule has 3 heteroatoms. The van der Waals surface area contributed by atoms with E-state index in [0.717, 1.165) is 29.9 Å². The number of aryl methyl sites for hydroxylation is 1. The van der Waals surface area contributed by atoms with Gasteiger partial charge in [-0.1, -0.05) is 24.6 Å². The fourth-order valence-corrected chi connectivity index (χ4v) is 2.42. The molecule has 1 aliphatic carbocycles. The molecule has 21 heavy (non-hydrogen) atoms. The first-order chi connectivity index (χ1) is 10.2. The molecule has 0 spiro atoms. The second kappa shape index (κ2) is 6.00. The number of anilines is 3. The summed E-state index contributed by atoms with van der Waals surface area (Å²) in [5, 5.41) is 6.36. The molecule has 0 atom stereocenters. The molecule has 1 amide bonds. The predicted molar refractivity (Wildman–Crippen MR) is 86.9 cm³/mol. The summed E-state index contributed by atoms with van der Waals surface area (Å²) < 4.78 is 0. The van der Waals surface area contributed by atoms with Gasteiger partial charge in [0.05, 0.1) is 0 Å². The summed E-state index contributed by atoms with van der Waals surface area (Å²) in [6.07, 6.45) is 3.23. The third kappa shape index (κ3) is 3.24. The Balaban J connectivity index is 1.64. The highest BCUT2D eigenvalue weighted by Crippen LogP contribution is 2.28. The number of rotatable bonds is 4. The lowest BCUT2D eigenvalue weighted by molar-refractivity contribution is -0.122. The molecule has 0 unspecified atom stereocenters. The van der Waals surface area contributed by atoms with Crippen molar-refractivity contribution in [3.05, 3.63) is 54.1 Å². The van der Waals surface area contributed by atoms with Crippen molar-refractivity contribution in [1.82, 2.24) is 0 Å². The standard InChI is InChI=1S/C18H20N2O/c1-13-5-2-3-8-17(13)19-15-9-11-16(12-10-15)20-18(21)14-6-4-7-14/h2-3,5,8-12,14,19H,4,6-7H2,1H3,(H,20,21). The van der Waals surface area contributed by atoms with Gasteiger partial charge in [0.25, 0.3) is 0 Å². The van der Waals surface area contributed by atoms with E-state index in [1.165, 1.54) is 12.0 Å². The summed E-state index contributed by atoms with van der Waals surface area (Å²) in [5.74, 6) is 0.371. The van der Waals surface area contributed by atoms with E-state index in [1.54, 1.807) is 0 Å². The number of hydrogen-bond acceptors (Lipinski definition) is 2. The quantitative estimate of drug-likeness (QED) is 0.867. The summed E-state index contributed by atoms with van der Waals surface area (Å²) in [5.41, 5.74) is 4.19. The maximum Gasteiger partial charge on any atom is 0.227 e. The Hall–Kier alpha value is -2.29. The lowest BCUT2D eigenvalue weighted by atomic mass is 9.85. The van der Waals surface area contributed by atoms with Crippen LogP contribution >= 0.6 is 0 Å². The second-order valence-electron chi connectivity index (χ2n) is 5.63. The normalized spacial score (nSPS) is 14.3. The summed E-state index contributed by atoms with van der Waals surface area (Å²) >= 11 is 0. The van der Waals surface area contributed by atoms with E-state index in [1.807, 2.05) is 36.4 Å². The minimum Gasteiger partial charge on any atom is -0.355 e. The van der Waals surface area contributed by atoms with Gasteiger partial charge in [0.1, 0.15) is 0 Å². The minimum absolute atomic E-state index is 0.154. The average molecular weight is 280 g/mol. The smallest absolute Gasteiger partial charge is 0.227 e. The molecule has 2 aromatic carbocycles. The van der Waals surface area contributed by atoms with Crippen molar-refractivity contribution >= 4 is 23.0 Å². The molecule has 2 N–H and O–H groups in total. The molecule has 0 heterocycles. The van der Waals surface area contributed by atoms with Gasteiger partial charge in [-0.3, -0.25) is 4.79 Å². The molecule has 0 bridgehead atoms. The Morgan fingerprint density at radius 1 is 1.00 bits per heavy atom. The largest absolute Gasteiger partial charge is 0.355 e. The monoisotopic (exact) mass is 280 g/mol. The van der Waals surface area contributed by atoms with E-state index in [4.69, 9.17) is 0 Å². The predicted octanol–water partition coefficient (Wildman–Crippen LogP) is 4.48. The van der Waals surface area contributed by atoms with Crippen LogP contribution in [0, 0.1) is 12.8 Å². The Kier molecular flexibility index (Phi) is 3.91. The van der Waals surface area contributed by atoms with Crippen molar-refractivity contribution in [2.24, 2.45) is 5.92 Å². The van der Waals surface area contributed by atoms with Gasteiger partial charge in [0, 0.05) is 23.0 Å². The van der Waals surface area contributed by atoms with Gasteiger partial charge in [-0.05, 0) is 55.7 Å². The van der Waals surface area contributed by atoms with Crippen LogP contribution in [0.1, 0.15) is 24.8 Å². The van der Waals surface area contributed by atoms with Crippen LogP contribution in [-0.2, 0) is 4.79 Å². The molecule has 1 saturated carbocycles. The molecule has 0 aliphatic heterocycles. The van der Waals surface area contributed by atoms with E-state index < -0.39 is 0 Å². The maximum atomic E-state index is 11.9. The average Bonchev–Trinajstić information content (AvgIpc) is 2.41.